The predicted molar refractivity (Wildman–Crippen MR) is 71.4 cm³/mol. The highest BCUT2D eigenvalue weighted by Gasteiger charge is 2.26. The molecule has 0 radical (unpaired) electrons. The highest BCUT2D eigenvalue weighted by Crippen LogP contribution is 2.23. The van der Waals surface area contributed by atoms with Gasteiger partial charge in [0.05, 0.1) is 4.90 Å². The number of rotatable bonds is 6. The molecular weight excluding hydrogens is 256 g/mol. The van der Waals surface area contributed by atoms with Crippen LogP contribution in [0.5, 0.6) is 0 Å². The topological polar surface area (TPSA) is 63.4 Å². The van der Waals surface area contributed by atoms with Crippen molar-refractivity contribution in [2.75, 3.05) is 6.54 Å². The van der Waals surface area contributed by atoms with Gasteiger partial charge in [-0.2, -0.15) is 4.31 Å². The smallest absolute Gasteiger partial charge is 0.244 e. The van der Waals surface area contributed by atoms with Gasteiger partial charge in [0.25, 0.3) is 0 Å². The molecule has 0 spiro atoms. The van der Waals surface area contributed by atoms with Crippen LogP contribution in [0.2, 0.25) is 0 Å². The van der Waals surface area contributed by atoms with E-state index in [0.29, 0.717) is 18.0 Å². The summed E-state index contributed by atoms with van der Waals surface area (Å²) in [7, 11) is -3.43. The Balaban J connectivity index is 3.11. The first-order valence-corrected chi connectivity index (χ1v) is 7.65. The van der Waals surface area contributed by atoms with E-state index in [0.717, 1.165) is 4.88 Å². The van der Waals surface area contributed by atoms with Gasteiger partial charge in [-0.3, -0.25) is 0 Å². The minimum atomic E-state index is -3.43. The third-order valence-corrected chi connectivity index (χ3v) is 5.45. The Kier molecular flexibility index (Phi) is 4.88. The summed E-state index contributed by atoms with van der Waals surface area (Å²) in [5.74, 6) is 0. The Hall–Kier alpha value is -0.690. The fraction of sp³-hybridized carbons (Fsp3) is 0.455. The monoisotopic (exact) mass is 274 g/mol. The lowest BCUT2D eigenvalue weighted by molar-refractivity contribution is 0.383. The molecule has 0 aliphatic heterocycles. The highest BCUT2D eigenvalue weighted by molar-refractivity contribution is 7.89. The lowest BCUT2D eigenvalue weighted by atomic mass is 10.4. The summed E-state index contributed by atoms with van der Waals surface area (Å²) in [4.78, 5) is 1.18. The number of nitrogens with two attached hydrogens (primary N) is 1. The molecule has 96 valence electrons. The Morgan fingerprint density at radius 1 is 1.59 bits per heavy atom. The van der Waals surface area contributed by atoms with Crippen LogP contribution in [0.25, 0.3) is 0 Å². The minimum Gasteiger partial charge on any atom is -0.326 e. The zero-order chi connectivity index (χ0) is 13.1. The molecule has 1 heterocycles. The van der Waals surface area contributed by atoms with E-state index in [1.54, 1.807) is 17.5 Å². The van der Waals surface area contributed by atoms with Crippen LogP contribution in [0, 0.1) is 0 Å². The Morgan fingerprint density at radius 3 is 2.65 bits per heavy atom. The van der Waals surface area contributed by atoms with E-state index in [1.807, 2.05) is 13.8 Å². The van der Waals surface area contributed by atoms with Crippen molar-refractivity contribution in [2.45, 2.75) is 31.3 Å². The van der Waals surface area contributed by atoms with Crippen LogP contribution >= 0.6 is 11.3 Å². The van der Waals surface area contributed by atoms with E-state index in [2.05, 4.69) is 6.58 Å². The predicted octanol–water partition coefficient (Wildman–Crippen LogP) is 1.79. The minimum absolute atomic E-state index is 0.0979. The number of thiophene rings is 1. The van der Waals surface area contributed by atoms with Gasteiger partial charge in [0.15, 0.2) is 0 Å². The maximum absolute atomic E-state index is 12.3. The second-order valence-electron chi connectivity index (χ2n) is 3.91. The van der Waals surface area contributed by atoms with Gasteiger partial charge in [-0.15, -0.1) is 17.9 Å². The van der Waals surface area contributed by atoms with Crippen molar-refractivity contribution in [3.05, 3.63) is 29.0 Å². The van der Waals surface area contributed by atoms with E-state index in [-0.39, 0.29) is 6.04 Å². The third-order valence-electron chi connectivity index (χ3n) is 2.32. The van der Waals surface area contributed by atoms with Crippen molar-refractivity contribution < 1.29 is 8.42 Å². The number of hydrogen-bond acceptors (Lipinski definition) is 4. The second-order valence-corrected chi connectivity index (χ2v) is 6.80. The molecule has 0 unspecified atom stereocenters. The zero-order valence-electron chi connectivity index (χ0n) is 10.1. The summed E-state index contributed by atoms with van der Waals surface area (Å²) < 4.78 is 26.1. The average Bonchev–Trinajstić information content (AvgIpc) is 2.74. The van der Waals surface area contributed by atoms with Crippen LogP contribution in [0.3, 0.4) is 0 Å². The molecule has 2 N–H and O–H groups in total. The molecule has 0 aliphatic carbocycles. The van der Waals surface area contributed by atoms with Gasteiger partial charge in [0.2, 0.25) is 10.0 Å². The lowest BCUT2D eigenvalue weighted by Gasteiger charge is -2.23. The maximum atomic E-state index is 12.3. The van der Waals surface area contributed by atoms with Crippen molar-refractivity contribution in [3.8, 4) is 0 Å². The van der Waals surface area contributed by atoms with Crippen LogP contribution in [0.4, 0.5) is 0 Å². The van der Waals surface area contributed by atoms with Crippen LogP contribution in [0.1, 0.15) is 18.7 Å². The Labute approximate surface area is 107 Å². The third kappa shape index (κ3) is 3.16. The molecule has 0 amide bonds. The SMILES string of the molecule is C=CCN(C(C)C)S(=O)(=O)c1csc(CN)c1. The van der Waals surface area contributed by atoms with Gasteiger partial charge in [-0.1, -0.05) is 6.08 Å². The molecule has 0 fully saturated rings. The van der Waals surface area contributed by atoms with Crippen LogP contribution in [0.15, 0.2) is 29.0 Å². The molecule has 0 bridgehead atoms. The van der Waals surface area contributed by atoms with Gasteiger partial charge >= 0.3 is 0 Å². The van der Waals surface area contributed by atoms with Gasteiger partial charge in [-0.05, 0) is 19.9 Å². The molecule has 6 heteroatoms. The van der Waals surface area contributed by atoms with E-state index in [1.165, 1.54) is 15.6 Å². The maximum Gasteiger partial charge on any atom is 0.244 e. The van der Waals surface area contributed by atoms with Gasteiger partial charge < -0.3 is 5.73 Å². The summed E-state index contributed by atoms with van der Waals surface area (Å²) in [5, 5.41) is 1.63. The fourth-order valence-corrected chi connectivity index (χ4v) is 4.20. The average molecular weight is 274 g/mol. The van der Waals surface area contributed by atoms with E-state index < -0.39 is 10.0 Å². The summed E-state index contributed by atoms with van der Waals surface area (Å²) in [6.45, 7) is 7.95. The summed E-state index contributed by atoms with van der Waals surface area (Å²) >= 11 is 1.37. The van der Waals surface area contributed by atoms with Crippen LogP contribution < -0.4 is 5.73 Å². The summed E-state index contributed by atoms with van der Waals surface area (Å²) in [6.07, 6.45) is 1.59. The molecule has 0 aliphatic rings. The zero-order valence-corrected chi connectivity index (χ0v) is 11.7. The van der Waals surface area contributed by atoms with E-state index >= 15 is 0 Å². The Bertz CT molecular complexity index is 477. The molecule has 1 aromatic heterocycles. The molecule has 0 saturated heterocycles. The van der Waals surface area contributed by atoms with Crippen molar-refractivity contribution in [2.24, 2.45) is 5.73 Å². The molecule has 17 heavy (non-hydrogen) atoms. The van der Waals surface area contributed by atoms with E-state index in [4.69, 9.17) is 5.73 Å². The van der Waals surface area contributed by atoms with Crippen LogP contribution in [-0.2, 0) is 16.6 Å². The molecule has 1 rings (SSSR count). The number of sulfonamides is 1. The van der Waals surface area contributed by atoms with Gasteiger partial charge in [0.1, 0.15) is 0 Å². The molecule has 1 aromatic rings. The molecule has 0 aromatic carbocycles. The first-order valence-electron chi connectivity index (χ1n) is 5.33. The van der Waals surface area contributed by atoms with Crippen molar-refractivity contribution in [3.63, 3.8) is 0 Å². The second kappa shape index (κ2) is 5.77. The van der Waals surface area contributed by atoms with Gasteiger partial charge in [0, 0.05) is 29.4 Å². The molecule has 4 nitrogen and oxygen atoms in total. The first kappa shape index (κ1) is 14.4. The molecule has 0 saturated carbocycles. The van der Waals surface area contributed by atoms with Crippen molar-refractivity contribution >= 4 is 21.4 Å². The Morgan fingerprint density at radius 2 is 2.24 bits per heavy atom. The number of hydrogen-bond donors (Lipinski definition) is 1. The summed E-state index contributed by atoms with van der Waals surface area (Å²) in [6, 6.07) is 1.54. The molecular formula is C11H18N2O2S2. The van der Waals surface area contributed by atoms with Gasteiger partial charge in [-0.25, -0.2) is 8.42 Å². The highest BCUT2D eigenvalue weighted by atomic mass is 32.2. The first-order chi connectivity index (χ1) is 7.93. The fourth-order valence-electron chi connectivity index (χ4n) is 1.45. The summed E-state index contributed by atoms with van der Waals surface area (Å²) in [5.41, 5.74) is 5.49. The normalized spacial score (nSPS) is 12.3. The van der Waals surface area contributed by atoms with E-state index in [9.17, 15) is 8.42 Å². The van der Waals surface area contributed by atoms with Crippen molar-refractivity contribution in [1.82, 2.24) is 4.31 Å². The lowest BCUT2D eigenvalue weighted by Crippen LogP contribution is -2.36. The standard InChI is InChI=1S/C11H18N2O2S2/c1-4-5-13(9(2)3)17(14,15)11-6-10(7-12)16-8-11/h4,6,8-9H,1,5,7,12H2,2-3H3. The largest absolute Gasteiger partial charge is 0.326 e. The van der Waals surface area contributed by atoms with Crippen molar-refractivity contribution in [1.29, 1.82) is 0 Å². The number of nitrogens with zero attached hydrogens (tertiary/aromatic N) is 1. The van der Waals surface area contributed by atoms with Crippen LogP contribution in [-0.4, -0.2) is 25.3 Å². The molecule has 0 atom stereocenters. The quantitative estimate of drug-likeness (QED) is 0.804.